The average molecular weight is 330 g/mol. The van der Waals surface area contributed by atoms with E-state index in [4.69, 9.17) is 9.15 Å². The van der Waals surface area contributed by atoms with Gasteiger partial charge in [0, 0.05) is 24.5 Å². The van der Waals surface area contributed by atoms with Gasteiger partial charge in [-0.2, -0.15) is 0 Å². The maximum atomic E-state index is 12.7. The molecule has 1 saturated heterocycles. The van der Waals surface area contributed by atoms with E-state index in [-0.39, 0.29) is 24.8 Å². The number of morpholine rings is 1. The van der Waals surface area contributed by atoms with Crippen molar-refractivity contribution in [3.05, 3.63) is 35.6 Å². The molecular formula is C18H22N2O4. The van der Waals surface area contributed by atoms with Crippen molar-refractivity contribution < 1.29 is 18.7 Å². The summed E-state index contributed by atoms with van der Waals surface area (Å²) < 4.78 is 11.1. The van der Waals surface area contributed by atoms with E-state index in [0.717, 1.165) is 22.1 Å². The van der Waals surface area contributed by atoms with E-state index in [0.29, 0.717) is 13.2 Å². The zero-order chi connectivity index (χ0) is 17.3. The fourth-order valence-electron chi connectivity index (χ4n) is 3.09. The molecule has 6 heteroatoms. The fraction of sp³-hybridized carbons (Fsp3) is 0.444. The molecule has 2 heterocycles. The number of carbonyl (C=O) groups is 2. The average Bonchev–Trinajstić information content (AvgIpc) is 2.96. The lowest BCUT2D eigenvalue weighted by molar-refractivity contribution is -0.162. The number of aryl methyl sites for hydroxylation is 1. The van der Waals surface area contributed by atoms with Crippen LogP contribution < -0.4 is 5.32 Å². The number of nitrogens with zero attached hydrogens (tertiary/aromatic N) is 1. The maximum Gasteiger partial charge on any atom is 0.253 e. The number of fused-ring (bicyclic) bond motifs is 1. The number of likely N-dealkylation sites (N-methyl/N-ethyl adjacent to an activating group) is 1. The number of furan rings is 1. The first-order valence-electron chi connectivity index (χ1n) is 8.03. The smallest absolute Gasteiger partial charge is 0.253 e. The minimum atomic E-state index is -1.00. The van der Waals surface area contributed by atoms with Gasteiger partial charge in [-0.1, -0.05) is 12.1 Å². The minimum absolute atomic E-state index is 0.0308. The lowest BCUT2D eigenvalue weighted by Crippen LogP contribution is -2.59. The molecule has 0 aliphatic carbocycles. The molecular weight excluding hydrogens is 308 g/mol. The van der Waals surface area contributed by atoms with E-state index < -0.39 is 5.60 Å². The van der Waals surface area contributed by atoms with Gasteiger partial charge in [-0.3, -0.25) is 9.59 Å². The fourth-order valence-corrected chi connectivity index (χ4v) is 3.09. The highest BCUT2D eigenvalue weighted by molar-refractivity contribution is 5.89. The number of hydrogen-bond acceptors (Lipinski definition) is 4. The molecule has 0 saturated carbocycles. The number of hydrogen-bond donors (Lipinski definition) is 1. The summed E-state index contributed by atoms with van der Waals surface area (Å²) in [6, 6.07) is 5.94. The molecule has 2 aromatic rings. The molecule has 6 nitrogen and oxygen atoms in total. The molecule has 1 aromatic heterocycles. The molecule has 128 valence electrons. The first-order chi connectivity index (χ1) is 11.4. The maximum absolute atomic E-state index is 12.7. The molecule has 3 rings (SSSR count). The first kappa shape index (κ1) is 16.5. The van der Waals surface area contributed by atoms with Gasteiger partial charge in [-0.15, -0.1) is 0 Å². The van der Waals surface area contributed by atoms with Crippen LogP contribution in [-0.2, 0) is 20.7 Å². The summed E-state index contributed by atoms with van der Waals surface area (Å²) in [5, 5.41) is 3.55. The molecule has 1 fully saturated rings. The van der Waals surface area contributed by atoms with Gasteiger partial charge in [0.15, 0.2) is 5.60 Å². The Morgan fingerprint density at radius 2 is 2.17 bits per heavy atom. The van der Waals surface area contributed by atoms with E-state index in [1.165, 1.54) is 0 Å². The highest BCUT2D eigenvalue weighted by Gasteiger charge is 2.40. The van der Waals surface area contributed by atoms with Crippen LogP contribution in [-0.4, -0.2) is 49.1 Å². The van der Waals surface area contributed by atoms with Crippen LogP contribution in [0.15, 0.2) is 28.9 Å². The third kappa shape index (κ3) is 3.01. The molecule has 24 heavy (non-hydrogen) atoms. The standard InChI is InChI=1S/C18H22N2O4/c1-12-4-5-14-13(10-23-15(14)8-12)9-16(21)20-6-7-24-18(2,11-20)17(22)19-3/h4-5,8,10H,6-7,9,11H2,1-3H3,(H,19,22)/t18-/m1/s1. The number of benzene rings is 1. The first-order valence-corrected chi connectivity index (χ1v) is 8.03. The van der Waals surface area contributed by atoms with Crippen molar-refractivity contribution in [1.29, 1.82) is 0 Å². The Hall–Kier alpha value is -2.34. The number of rotatable bonds is 3. The third-order valence-electron chi connectivity index (χ3n) is 4.49. The van der Waals surface area contributed by atoms with Crippen LogP contribution in [0.4, 0.5) is 0 Å². The second-order valence-corrected chi connectivity index (χ2v) is 6.41. The van der Waals surface area contributed by atoms with Crippen molar-refractivity contribution >= 4 is 22.8 Å². The van der Waals surface area contributed by atoms with Crippen molar-refractivity contribution in [2.24, 2.45) is 0 Å². The van der Waals surface area contributed by atoms with E-state index in [1.54, 1.807) is 25.1 Å². The second-order valence-electron chi connectivity index (χ2n) is 6.41. The quantitative estimate of drug-likeness (QED) is 0.929. The van der Waals surface area contributed by atoms with Crippen molar-refractivity contribution in [1.82, 2.24) is 10.2 Å². The number of ether oxygens (including phenoxy) is 1. The second kappa shape index (κ2) is 6.28. The zero-order valence-corrected chi connectivity index (χ0v) is 14.2. The van der Waals surface area contributed by atoms with Gasteiger partial charge in [0.2, 0.25) is 5.91 Å². The highest BCUT2D eigenvalue weighted by atomic mass is 16.5. The lowest BCUT2D eigenvalue weighted by atomic mass is 10.0. The van der Waals surface area contributed by atoms with Crippen molar-refractivity contribution in [3.8, 4) is 0 Å². The molecule has 1 aliphatic rings. The number of carbonyl (C=O) groups excluding carboxylic acids is 2. The molecule has 2 amide bonds. The predicted molar refractivity (Wildman–Crippen MR) is 89.7 cm³/mol. The van der Waals surface area contributed by atoms with E-state index >= 15 is 0 Å². The number of nitrogens with one attached hydrogen (secondary N) is 1. The van der Waals surface area contributed by atoms with Crippen LogP contribution in [0.25, 0.3) is 11.0 Å². The van der Waals surface area contributed by atoms with Crippen LogP contribution in [0.2, 0.25) is 0 Å². The minimum Gasteiger partial charge on any atom is -0.464 e. The lowest BCUT2D eigenvalue weighted by Gasteiger charge is -2.39. The molecule has 0 spiro atoms. The summed E-state index contributed by atoms with van der Waals surface area (Å²) in [6.45, 7) is 4.79. The van der Waals surface area contributed by atoms with Crippen LogP contribution >= 0.6 is 0 Å². The summed E-state index contributed by atoms with van der Waals surface area (Å²) in [4.78, 5) is 26.3. The Morgan fingerprint density at radius 3 is 2.92 bits per heavy atom. The van der Waals surface area contributed by atoms with E-state index in [9.17, 15) is 9.59 Å². The Morgan fingerprint density at radius 1 is 1.38 bits per heavy atom. The van der Waals surface area contributed by atoms with Gasteiger partial charge in [-0.05, 0) is 25.5 Å². The monoisotopic (exact) mass is 330 g/mol. The van der Waals surface area contributed by atoms with Crippen molar-refractivity contribution in [3.63, 3.8) is 0 Å². The summed E-state index contributed by atoms with van der Waals surface area (Å²) in [5.41, 5.74) is 1.76. The Labute approximate surface area is 140 Å². The van der Waals surface area contributed by atoms with Crippen LogP contribution in [0.3, 0.4) is 0 Å². The highest BCUT2D eigenvalue weighted by Crippen LogP contribution is 2.24. The molecule has 1 N–H and O–H groups in total. The predicted octanol–water partition coefficient (Wildman–Crippen LogP) is 1.65. The Bertz CT molecular complexity index is 782. The normalized spacial score (nSPS) is 21.0. The van der Waals surface area contributed by atoms with Crippen LogP contribution in [0.1, 0.15) is 18.1 Å². The molecule has 0 bridgehead atoms. The summed E-state index contributed by atoms with van der Waals surface area (Å²) in [7, 11) is 1.57. The largest absolute Gasteiger partial charge is 0.464 e. The van der Waals surface area contributed by atoms with Crippen molar-refractivity contribution in [2.75, 3.05) is 26.7 Å². The summed E-state index contributed by atoms with van der Waals surface area (Å²) in [6.07, 6.45) is 1.89. The van der Waals surface area contributed by atoms with Gasteiger partial charge in [0.05, 0.1) is 25.8 Å². The number of amides is 2. The van der Waals surface area contributed by atoms with Crippen molar-refractivity contribution in [2.45, 2.75) is 25.9 Å². The topological polar surface area (TPSA) is 71.8 Å². The zero-order valence-electron chi connectivity index (χ0n) is 14.2. The molecule has 1 aromatic carbocycles. The van der Waals surface area contributed by atoms with Gasteiger partial charge in [0.1, 0.15) is 5.58 Å². The molecule has 1 atom stereocenters. The van der Waals surface area contributed by atoms with Gasteiger partial charge < -0.3 is 19.4 Å². The Kier molecular flexibility index (Phi) is 4.32. The van der Waals surface area contributed by atoms with E-state index in [2.05, 4.69) is 5.32 Å². The Balaban J connectivity index is 1.75. The van der Waals surface area contributed by atoms with Gasteiger partial charge in [0.25, 0.3) is 5.91 Å². The van der Waals surface area contributed by atoms with E-state index in [1.807, 2.05) is 25.1 Å². The van der Waals surface area contributed by atoms with Gasteiger partial charge in [-0.25, -0.2) is 0 Å². The summed E-state index contributed by atoms with van der Waals surface area (Å²) in [5.74, 6) is -0.249. The van der Waals surface area contributed by atoms with Crippen LogP contribution in [0.5, 0.6) is 0 Å². The molecule has 0 unspecified atom stereocenters. The SMILES string of the molecule is CNC(=O)[C@@]1(C)CN(C(=O)Cc2coc3cc(C)ccc23)CCO1. The van der Waals surface area contributed by atoms with Crippen LogP contribution in [0, 0.1) is 6.92 Å². The third-order valence-corrected chi connectivity index (χ3v) is 4.49. The molecule has 1 aliphatic heterocycles. The summed E-state index contributed by atoms with van der Waals surface area (Å²) >= 11 is 0. The van der Waals surface area contributed by atoms with Gasteiger partial charge >= 0.3 is 0 Å². The molecule has 0 radical (unpaired) electrons.